The lowest BCUT2D eigenvalue weighted by molar-refractivity contribution is -0.114. The van der Waals surface area contributed by atoms with Gasteiger partial charge < -0.3 is 25.4 Å². The van der Waals surface area contributed by atoms with Crippen molar-refractivity contribution < 1.29 is 23.9 Å². The van der Waals surface area contributed by atoms with E-state index >= 15 is 0 Å². The smallest absolute Gasteiger partial charge is 0.272 e. The molecular weight excluding hydrogens is 656 g/mol. The first kappa shape index (κ1) is 33.3. The highest BCUT2D eigenvalue weighted by atomic mass is 35.5. The van der Waals surface area contributed by atoms with Crippen LogP contribution in [0.3, 0.4) is 0 Å². The van der Waals surface area contributed by atoms with Crippen molar-refractivity contribution in [3.8, 4) is 22.8 Å². The highest BCUT2D eigenvalue weighted by Gasteiger charge is 2.17. The van der Waals surface area contributed by atoms with Crippen LogP contribution in [-0.2, 0) is 9.59 Å². The summed E-state index contributed by atoms with van der Waals surface area (Å²) in [7, 11) is 3.05. The molecule has 3 amide bonds. The molecule has 5 aromatic rings. The number of nitrogens with zero attached hydrogens (tertiary/aromatic N) is 1. The lowest BCUT2D eigenvalue weighted by atomic mass is 10.1. The third kappa shape index (κ3) is 9.23. The van der Waals surface area contributed by atoms with Crippen LogP contribution >= 0.6 is 34.7 Å². The molecule has 4 aromatic carbocycles. The van der Waals surface area contributed by atoms with Gasteiger partial charge >= 0.3 is 0 Å². The zero-order valence-electron chi connectivity index (χ0n) is 25.3. The minimum atomic E-state index is -0.549. The molecule has 47 heavy (non-hydrogen) atoms. The monoisotopic (exact) mass is 684 g/mol. The molecule has 12 heteroatoms. The summed E-state index contributed by atoms with van der Waals surface area (Å²) in [6.07, 6.45) is 1.54. The van der Waals surface area contributed by atoms with Gasteiger partial charge in [0.1, 0.15) is 17.2 Å². The topological polar surface area (TPSA) is 119 Å². The molecule has 9 nitrogen and oxygen atoms in total. The Kier molecular flexibility index (Phi) is 11.3. The molecule has 0 spiro atoms. The van der Waals surface area contributed by atoms with Gasteiger partial charge in [0.2, 0.25) is 5.91 Å². The molecule has 3 N–H and O–H groups in total. The van der Waals surface area contributed by atoms with Crippen LogP contribution in [0.5, 0.6) is 11.5 Å². The van der Waals surface area contributed by atoms with Gasteiger partial charge in [-0.25, -0.2) is 4.98 Å². The Labute approximate surface area is 285 Å². The number of carbonyl (C=O) groups is 3. The number of carbonyl (C=O) groups excluding carboxylic acids is 3. The number of thiazole rings is 1. The van der Waals surface area contributed by atoms with Crippen LogP contribution in [0, 0.1) is 0 Å². The predicted octanol–water partition coefficient (Wildman–Crippen LogP) is 7.62. The number of nitrogens with one attached hydrogen (secondary N) is 3. The average molecular weight is 685 g/mol. The lowest BCUT2D eigenvalue weighted by Gasteiger charge is -2.13. The Bertz CT molecular complexity index is 1910. The van der Waals surface area contributed by atoms with Crippen LogP contribution in [0.2, 0.25) is 5.02 Å². The Balaban J connectivity index is 1.26. The number of benzene rings is 4. The first-order valence-corrected chi connectivity index (χ1v) is 16.4. The van der Waals surface area contributed by atoms with E-state index < -0.39 is 11.8 Å². The van der Waals surface area contributed by atoms with Gasteiger partial charge in [-0.15, -0.1) is 23.1 Å². The molecular formula is C35H29ClN4O5S2. The van der Waals surface area contributed by atoms with Crippen molar-refractivity contribution in [1.29, 1.82) is 0 Å². The minimum Gasteiger partial charge on any atom is -0.497 e. The van der Waals surface area contributed by atoms with Crippen LogP contribution in [0.25, 0.3) is 17.3 Å². The third-order valence-electron chi connectivity index (χ3n) is 6.62. The number of anilines is 2. The lowest BCUT2D eigenvalue weighted by Crippen LogP contribution is -2.30. The molecule has 238 valence electrons. The summed E-state index contributed by atoms with van der Waals surface area (Å²) in [5, 5.41) is 11.4. The maximum atomic E-state index is 13.6. The summed E-state index contributed by atoms with van der Waals surface area (Å²) < 4.78 is 10.8. The van der Waals surface area contributed by atoms with Gasteiger partial charge in [-0.3, -0.25) is 14.4 Å². The Morgan fingerprint density at radius 3 is 2.43 bits per heavy atom. The van der Waals surface area contributed by atoms with Crippen LogP contribution in [0.1, 0.15) is 15.9 Å². The molecule has 0 aliphatic heterocycles. The van der Waals surface area contributed by atoms with Crippen molar-refractivity contribution in [3.05, 3.63) is 124 Å². The maximum Gasteiger partial charge on any atom is 0.272 e. The second-order valence-electron chi connectivity index (χ2n) is 9.85. The average Bonchev–Trinajstić information content (AvgIpc) is 3.56. The second-order valence-corrected chi connectivity index (χ2v) is 12.2. The molecule has 5 rings (SSSR count). The first-order valence-electron chi connectivity index (χ1n) is 14.2. The fourth-order valence-electron chi connectivity index (χ4n) is 4.29. The predicted molar refractivity (Wildman–Crippen MR) is 188 cm³/mol. The van der Waals surface area contributed by atoms with Gasteiger partial charge in [0, 0.05) is 43.7 Å². The second kappa shape index (κ2) is 15.9. The first-order chi connectivity index (χ1) is 22.8. The zero-order chi connectivity index (χ0) is 33.2. The SMILES string of the molecule is COc1ccc(/C=C(/NC(=O)c2ccccc2)C(=O)Nc2cccc(SCC(=O)Nc3nc(-c4ccc(Cl)cc4)cs3)c2)c(OC)c1. The molecule has 1 heterocycles. The fraction of sp³-hybridized carbons (Fsp3) is 0.0857. The number of aromatic nitrogens is 1. The van der Waals surface area contributed by atoms with Crippen LogP contribution < -0.4 is 25.4 Å². The van der Waals surface area contributed by atoms with Gasteiger partial charge in [-0.05, 0) is 60.7 Å². The summed E-state index contributed by atoms with van der Waals surface area (Å²) in [5.41, 5.74) is 3.08. The standard InChI is InChI=1S/C35H29ClN4O5S2/c1-44-27-16-13-24(31(19-27)45-2)17-29(38-33(42)23-7-4-3-5-8-23)34(43)37-26-9-6-10-28(18-26)46-21-32(41)40-35-39-30(20-47-35)22-11-14-25(36)15-12-22/h3-20H,21H2,1-2H3,(H,37,43)(H,38,42)(H,39,40,41)/b29-17+. The van der Waals surface area contributed by atoms with E-state index in [0.717, 1.165) is 16.2 Å². The zero-order valence-corrected chi connectivity index (χ0v) is 27.7. The van der Waals surface area contributed by atoms with Gasteiger partial charge in [-0.2, -0.15) is 0 Å². The van der Waals surface area contributed by atoms with Crippen molar-refractivity contribution in [2.45, 2.75) is 4.90 Å². The summed E-state index contributed by atoms with van der Waals surface area (Å²) in [4.78, 5) is 44.6. The van der Waals surface area contributed by atoms with E-state index in [1.165, 1.54) is 36.3 Å². The third-order valence-corrected chi connectivity index (χ3v) is 8.63. The molecule has 0 bridgehead atoms. The molecule has 0 aliphatic carbocycles. The summed E-state index contributed by atoms with van der Waals surface area (Å²) in [5.74, 6) is -0.0516. The molecule has 0 saturated heterocycles. The minimum absolute atomic E-state index is 0.00108. The molecule has 0 fully saturated rings. The molecule has 0 radical (unpaired) electrons. The Morgan fingerprint density at radius 1 is 0.894 bits per heavy atom. The van der Waals surface area contributed by atoms with Crippen molar-refractivity contribution >= 4 is 69.3 Å². The van der Waals surface area contributed by atoms with Crippen LogP contribution in [0.4, 0.5) is 10.8 Å². The largest absolute Gasteiger partial charge is 0.497 e. The van der Waals surface area contributed by atoms with Crippen LogP contribution in [-0.4, -0.2) is 42.7 Å². The van der Waals surface area contributed by atoms with Crippen molar-refractivity contribution in [2.24, 2.45) is 0 Å². The van der Waals surface area contributed by atoms with E-state index in [1.807, 2.05) is 23.6 Å². The Morgan fingerprint density at radius 2 is 1.68 bits per heavy atom. The highest BCUT2D eigenvalue weighted by molar-refractivity contribution is 8.00. The normalized spacial score (nSPS) is 11.0. The quantitative estimate of drug-likeness (QED) is 0.0914. The molecule has 0 atom stereocenters. The Hall–Kier alpha value is -5.10. The van der Waals surface area contributed by atoms with E-state index in [0.29, 0.717) is 38.5 Å². The van der Waals surface area contributed by atoms with Gasteiger partial charge in [-0.1, -0.05) is 48.0 Å². The highest BCUT2D eigenvalue weighted by Crippen LogP contribution is 2.28. The van der Waals surface area contributed by atoms with Crippen molar-refractivity contribution in [1.82, 2.24) is 10.3 Å². The maximum absolute atomic E-state index is 13.6. The summed E-state index contributed by atoms with van der Waals surface area (Å²) >= 11 is 8.61. The number of hydrogen-bond acceptors (Lipinski definition) is 8. The van der Waals surface area contributed by atoms with Gasteiger partial charge in [0.25, 0.3) is 11.8 Å². The summed E-state index contributed by atoms with van der Waals surface area (Å²) in [6, 6.07) is 28.1. The fourth-order valence-corrected chi connectivity index (χ4v) is 5.90. The number of halogens is 1. The van der Waals surface area contributed by atoms with E-state index in [4.69, 9.17) is 21.1 Å². The van der Waals surface area contributed by atoms with E-state index in [1.54, 1.807) is 86.0 Å². The molecule has 0 unspecified atom stereocenters. The number of thioether (sulfide) groups is 1. The molecule has 1 aromatic heterocycles. The van der Waals surface area contributed by atoms with E-state index in [9.17, 15) is 14.4 Å². The number of rotatable bonds is 12. The number of hydrogen-bond donors (Lipinski definition) is 3. The van der Waals surface area contributed by atoms with Gasteiger partial charge in [0.15, 0.2) is 5.13 Å². The van der Waals surface area contributed by atoms with Crippen molar-refractivity contribution in [3.63, 3.8) is 0 Å². The summed E-state index contributed by atoms with van der Waals surface area (Å²) in [6.45, 7) is 0. The number of amides is 3. The number of methoxy groups -OCH3 is 2. The molecule has 0 aliphatic rings. The van der Waals surface area contributed by atoms with Gasteiger partial charge in [0.05, 0.1) is 25.7 Å². The van der Waals surface area contributed by atoms with E-state index in [-0.39, 0.29) is 17.4 Å². The van der Waals surface area contributed by atoms with Crippen LogP contribution in [0.15, 0.2) is 113 Å². The number of ether oxygens (including phenoxy) is 2. The van der Waals surface area contributed by atoms with E-state index in [2.05, 4.69) is 20.9 Å². The van der Waals surface area contributed by atoms with Crippen molar-refractivity contribution in [2.75, 3.05) is 30.6 Å². The molecule has 0 saturated carbocycles.